The molecule has 0 saturated carbocycles. The van der Waals surface area contributed by atoms with Crippen molar-refractivity contribution in [1.82, 2.24) is 5.32 Å². The average Bonchev–Trinajstić information content (AvgIpc) is 2.49. The molecule has 2 aromatic carbocycles. The number of halogens is 2. The molecule has 5 nitrogen and oxygen atoms in total. The van der Waals surface area contributed by atoms with Crippen molar-refractivity contribution in [3.63, 3.8) is 0 Å². The van der Waals surface area contributed by atoms with Crippen molar-refractivity contribution in [2.75, 3.05) is 12.4 Å². The zero-order chi connectivity index (χ0) is 16.8. The van der Waals surface area contributed by atoms with Crippen LogP contribution in [-0.2, 0) is 0 Å². The van der Waals surface area contributed by atoms with E-state index in [1.165, 1.54) is 7.11 Å². The molecular formula is C16H16Cl2N2O3. The fraction of sp³-hybridized carbons (Fsp3) is 0.188. The van der Waals surface area contributed by atoms with Crippen molar-refractivity contribution in [3.05, 3.63) is 52.5 Å². The summed E-state index contributed by atoms with van der Waals surface area (Å²) >= 11 is 11.8. The van der Waals surface area contributed by atoms with Gasteiger partial charge in [-0.3, -0.25) is 0 Å². The average molecular weight is 355 g/mol. The van der Waals surface area contributed by atoms with E-state index < -0.39 is 12.3 Å². The highest BCUT2D eigenvalue weighted by molar-refractivity contribution is 6.32. The largest absolute Gasteiger partial charge is 0.495 e. The second-order valence-electron chi connectivity index (χ2n) is 4.66. The van der Waals surface area contributed by atoms with Gasteiger partial charge < -0.3 is 20.1 Å². The molecule has 0 spiro atoms. The molecule has 2 rings (SSSR count). The maximum atomic E-state index is 11.9. The first kappa shape index (κ1) is 17.2. The lowest BCUT2D eigenvalue weighted by molar-refractivity contribution is 0.183. The zero-order valence-electron chi connectivity index (χ0n) is 12.6. The molecule has 23 heavy (non-hydrogen) atoms. The van der Waals surface area contributed by atoms with E-state index in [1.54, 1.807) is 49.4 Å². The van der Waals surface area contributed by atoms with Crippen LogP contribution in [-0.4, -0.2) is 19.4 Å². The Morgan fingerprint density at radius 2 is 1.83 bits per heavy atom. The Hall–Kier alpha value is -2.11. The van der Waals surface area contributed by atoms with Crippen LogP contribution in [0.1, 0.15) is 6.92 Å². The van der Waals surface area contributed by atoms with E-state index in [1.807, 2.05) is 0 Å². The predicted molar refractivity (Wildman–Crippen MR) is 91.7 cm³/mol. The van der Waals surface area contributed by atoms with Gasteiger partial charge in [0.15, 0.2) is 6.23 Å². The van der Waals surface area contributed by atoms with E-state index in [2.05, 4.69) is 10.6 Å². The zero-order valence-corrected chi connectivity index (χ0v) is 14.1. The minimum Gasteiger partial charge on any atom is -0.495 e. The molecular weight excluding hydrogens is 339 g/mol. The maximum absolute atomic E-state index is 11.9. The Balaban J connectivity index is 1.88. The molecule has 0 heterocycles. The van der Waals surface area contributed by atoms with Gasteiger partial charge in [-0.05, 0) is 49.4 Å². The molecule has 0 bridgehead atoms. The minimum absolute atomic E-state index is 0.410. The van der Waals surface area contributed by atoms with E-state index in [0.29, 0.717) is 27.2 Å². The van der Waals surface area contributed by atoms with Gasteiger partial charge in [-0.1, -0.05) is 23.2 Å². The Morgan fingerprint density at radius 1 is 1.13 bits per heavy atom. The van der Waals surface area contributed by atoms with Gasteiger partial charge in [0.1, 0.15) is 11.5 Å². The summed E-state index contributed by atoms with van der Waals surface area (Å²) in [4.78, 5) is 11.9. The number of amides is 2. The molecule has 2 amide bonds. The van der Waals surface area contributed by atoms with E-state index >= 15 is 0 Å². The topological polar surface area (TPSA) is 59.6 Å². The number of urea groups is 1. The molecule has 0 aliphatic rings. The number of hydrogen-bond donors (Lipinski definition) is 2. The van der Waals surface area contributed by atoms with Gasteiger partial charge in [-0.15, -0.1) is 0 Å². The Bertz CT molecular complexity index is 678. The smallest absolute Gasteiger partial charge is 0.322 e. The van der Waals surface area contributed by atoms with Gasteiger partial charge >= 0.3 is 6.03 Å². The summed E-state index contributed by atoms with van der Waals surface area (Å²) in [6.45, 7) is 1.72. The Kier molecular flexibility index (Phi) is 5.96. The molecule has 0 aliphatic carbocycles. The normalized spacial score (nSPS) is 11.5. The highest BCUT2D eigenvalue weighted by Gasteiger charge is 2.10. The van der Waals surface area contributed by atoms with Crippen LogP contribution < -0.4 is 20.1 Å². The van der Waals surface area contributed by atoms with Crippen LogP contribution in [0.4, 0.5) is 10.5 Å². The number of rotatable bonds is 5. The number of methoxy groups -OCH3 is 1. The molecule has 0 fully saturated rings. The van der Waals surface area contributed by atoms with Crippen molar-refractivity contribution in [3.8, 4) is 11.5 Å². The van der Waals surface area contributed by atoms with Crippen LogP contribution in [0.15, 0.2) is 42.5 Å². The second-order valence-corrected chi connectivity index (χ2v) is 5.51. The van der Waals surface area contributed by atoms with Crippen LogP contribution in [0.3, 0.4) is 0 Å². The lowest BCUT2D eigenvalue weighted by atomic mass is 10.3. The number of carbonyl (C=O) groups is 1. The summed E-state index contributed by atoms with van der Waals surface area (Å²) in [6, 6.07) is 11.4. The number of hydrogen-bond acceptors (Lipinski definition) is 3. The Labute approximate surface area is 144 Å². The standard InChI is InChI=1S/C16H16Cl2N2O3/c1-10(23-13-6-3-11(17)4-7-13)19-16(21)20-12-5-8-15(22-2)14(18)9-12/h3-10H,1-2H3,(H2,19,20,21). The number of carbonyl (C=O) groups excluding carboxylic acids is 1. The molecule has 0 radical (unpaired) electrons. The van der Waals surface area contributed by atoms with Gasteiger partial charge in [0, 0.05) is 10.7 Å². The van der Waals surface area contributed by atoms with Crippen molar-refractivity contribution >= 4 is 34.9 Å². The monoisotopic (exact) mass is 354 g/mol. The summed E-state index contributed by atoms with van der Waals surface area (Å²) in [7, 11) is 1.52. The van der Waals surface area contributed by atoms with Crippen molar-refractivity contribution < 1.29 is 14.3 Å². The van der Waals surface area contributed by atoms with Crippen molar-refractivity contribution in [1.29, 1.82) is 0 Å². The molecule has 7 heteroatoms. The molecule has 1 atom stereocenters. The van der Waals surface area contributed by atoms with E-state index in [0.717, 1.165) is 0 Å². The van der Waals surface area contributed by atoms with Gasteiger partial charge in [0.2, 0.25) is 0 Å². The summed E-state index contributed by atoms with van der Waals surface area (Å²) in [5, 5.41) is 6.36. The maximum Gasteiger partial charge on any atom is 0.322 e. The van der Waals surface area contributed by atoms with Crippen molar-refractivity contribution in [2.24, 2.45) is 0 Å². The summed E-state index contributed by atoms with van der Waals surface area (Å²) < 4.78 is 10.6. The quantitative estimate of drug-likeness (QED) is 0.774. The minimum atomic E-state index is -0.523. The van der Waals surface area contributed by atoms with Crippen LogP contribution in [0.25, 0.3) is 0 Å². The summed E-state index contributed by atoms with van der Waals surface area (Å²) in [6.07, 6.45) is -0.523. The fourth-order valence-electron chi connectivity index (χ4n) is 1.84. The van der Waals surface area contributed by atoms with E-state index in [-0.39, 0.29) is 0 Å². The first-order valence-corrected chi connectivity index (χ1v) is 7.57. The van der Waals surface area contributed by atoms with E-state index in [9.17, 15) is 4.79 Å². The first-order chi connectivity index (χ1) is 11.0. The van der Waals surface area contributed by atoms with Crippen LogP contribution in [0, 0.1) is 0 Å². The number of anilines is 1. The van der Waals surface area contributed by atoms with Gasteiger partial charge in [0.25, 0.3) is 0 Å². The molecule has 1 unspecified atom stereocenters. The lowest BCUT2D eigenvalue weighted by Gasteiger charge is -2.17. The van der Waals surface area contributed by atoms with Crippen LogP contribution >= 0.6 is 23.2 Å². The highest BCUT2D eigenvalue weighted by atomic mass is 35.5. The van der Waals surface area contributed by atoms with Crippen molar-refractivity contribution in [2.45, 2.75) is 13.2 Å². The summed E-state index contributed by atoms with van der Waals surface area (Å²) in [5.41, 5.74) is 0.548. The number of nitrogens with one attached hydrogen (secondary N) is 2. The third kappa shape index (κ3) is 5.23. The molecule has 2 aromatic rings. The number of ether oxygens (including phenoxy) is 2. The SMILES string of the molecule is COc1ccc(NC(=O)NC(C)Oc2ccc(Cl)cc2)cc1Cl. The Morgan fingerprint density at radius 3 is 2.43 bits per heavy atom. The lowest BCUT2D eigenvalue weighted by Crippen LogP contribution is -2.39. The third-order valence-electron chi connectivity index (χ3n) is 2.87. The third-order valence-corrected chi connectivity index (χ3v) is 3.42. The summed E-state index contributed by atoms with van der Waals surface area (Å²) in [5.74, 6) is 1.15. The predicted octanol–water partition coefficient (Wildman–Crippen LogP) is 4.55. The fourth-order valence-corrected chi connectivity index (χ4v) is 2.23. The van der Waals surface area contributed by atoms with E-state index in [4.69, 9.17) is 32.7 Å². The highest BCUT2D eigenvalue weighted by Crippen LogP contribution is 2.27. The number of benzene rings is 2. The van der Waals surface area contributed by atoms with Gasteiger partial charge in [-0.25, -0.2) is 4.79 Å². The van der Waals surface area contributed by atoms with Crippen LogP contribution in [0.2, 0.25) is 10.0 Å². The first-order valence-electron chi connectivity index (χ1n) is 6.81. The van der Waals surface area contributed by atoms with Gasteiger partial charge in [0.05, 0.1) is 12.1 Å². The molecule has 2 N–H and O–H groups in total. The van der Waals surface area contributed by atoms with Gasteiger partial charge in [-0.2, -0.15) is 0 Å². The molecule has 122 valence electrons. The second kappa shape index (κ2) is 7.94. The van der Waals surface area contributed by atoms with Crippen LogP contribution in [0.5, 0.6) is 11.5 Å². The molecule has 0 aromatic heterocycles. The molecule has 0 saturated heterocycles. The molecule has 0 aliphatic heterocycles.